The molecule has 2 heterocycles. The van der Waals surface area contributed by atoms with Crippen LogP contribution < -0.4 is 5.73 Å². The van der Waals surface area contributed by atoms with Crippen molar-refractivity contribution in [2.75, 3.05) is 19.6 Å². The molecule has 0 bridgehead atoms. The third kappa shape index (κ3) is 4.55. The summed E-state index contributed by atoms with van der Waals surface area (Å²) in [6, 6.07) is 8.40. The normalized spacial score (nSPS) is 25.0. The van der Waals surface area contributed by atoms with Gasteiger partial charge < -0.3 is 15.1 Å². The molecule has 2 fully saturated rings. The Labute approximate surface area is 162 Å². The number of amides is 1. The molecule has 1 amide bonds. The van der Waals surface area contributed by atoms with Gasteiger partial charge >= 0.3 is 0 Å². The van der Waals surface area contributed by atoms with Crippen molar-refractivity contribution in [3.63, 3.8) is 0 Å². The second kappa shape index (κ2) is 8.47. The fourth-order valence-electron chi connectivity index (χ4n) is 5.16. The summed E-state index contributed by atoms with van der Waals surface area (Å²) in [5.74, 6) is 1.88. The molecule has 4 nitrogen and oxygen atoms in total. The van der Waals surface area contributed by atoms with Crippen molar-refractivity contribution < 1.29 is 9.21 Å². The van der Waals surface area contributed by atoms with Crippen molar-refractivity contribution in [2.24, 2.45) is 17.6 Å². The fraction of sp³-hybridized carbons (Fsp3) is 0.609. The highest BCUT2D eigenvalue weighted by atomic mass is 16.3. The Bertz CT molecular complexity index is 753. The average molecular weight is 369 g/mol. The van der Waals surface area contributed by atoms with Crippen LogP contribution in [0.1, 0.15) is 62.8 Å². The summed E-state index contributed by atoms with van der Waals surface area (Å²) < 4.78 is 5.75. The zero-order valence-corrected chi connectivity index (χ0v) is 16.2. The molecular formula is C23H32N2O2. The molecule has 2 aromatic rings. The monoisotopic (exact) mass is 368 g/mol. The molecule has 27 heavy (non-hydrogen) atoms. The highest BCUT2D eigenvalue weighted by molar-refractivity contribution is 5.81. The molecule has 0 unspecified atom stereocenters. The minimum Gasteiger partial charge on any atom is -0.464 e. The SMILES string of the molecule is NC(=O)CC1CCC(CCN2CCC(c3coc4ccccc34)CC2)CC1. The van der Waals surface area contributed by atoms with Gasteiger partial charge in [-0.15, -0.1) is 0 Å². The van der Waals surface area contributed by atoms with Gasteiger partial charge in [-0.05, 0) is 75.6 Å². The van der Waals surface area contributed by atoms with E-state index in [-0.39, 0.29) is 5.91 Å². The fourth-order valence-corrected chi connectivity index (χ4v) is 5.16. The molecule has 2 aliphatic rings. The molecule has 0 spiro atoms. The largest absolute Gasteiger partial charge is 0.464 e. The Kier molecular flexibility index (Phi) is 5.82. The van der Waals surface area contributed by atoms with Crippen molar-refractivity contribution in [3.8, 4) is 0 Å². The van der Waals surface area contributed by atoms with Gasteiger partial charge in [0.1, 0.15) is 5.58 Å². The van der Waals surface area contributed by atoms with E-state index in [1.807, 2.05) is 12.3 Å². The van der Waals surface area contributed by atoms with Gasteiger partial charge in [0, 0.05) is 17.4 Å². The van der Waals surface area contributed by atoms with Gasteiger partial charge in [0.05, 0.1) is 6.26 Å². The van der Waals surface area contributed by atoms with Crippen LogP contribution >= 0.6 is 0 Å². The van der Waals surface area contributed by atoms with Gasteiger partial charge in [0.2, 0.25) is 5.91 Å². The molecule has 1 saturated heterocycles. The van der Waals surface area contributed by atoms with Crippen LogP contribution in [0, 0.1) is 11.8 Å². The summed E-state index contributed by atoms with van der Waals surface area (Å²) >= 11 is 0. The van der Waals surface area contributed by atoms with Crippen molar-refractivity contribution in [1.29, 1.82) is 0 Å². The number of likely N-dealkylation sites (tertiary alicyclic amines) is 1. The van der Waals surface area contributed by atoms with Crippen LogP contribution in [-0.4, -0.2) is 30.4 Å². The highest BCUT2D eigenvalue weighted by Gasteiger charge is 2.26. The van der Waals surface area contributed by atoms with Crippen LogP contribution in [0.2, 0.25) is 0 Å². The maximum absolute atomic E-state index is 11.1. The number of benzene rings is 1. The molecule has 0 radical (unpaired) electrons. The Morgan fingerprint density at radius 3 is 2.48 bits per heavy atom. The summed E-state index contributed by atoms with van der Waals surface area (Å²) in [5, 5.41) is 1.30. The third-order valence-electron chi connectivity index (χ3n) is 6.85. The number of hydrogen-bond acceptors (Lipinski definition) is 3. The van der Waals surface area contributed by atoms with Crippen LogP contribution in [0.25, 0.3) is 11.0 Å². The molecule has 4 heteroatoms. The number of para-hydroxylation sites is 1. The maximum atomic E-state index is 11.1. The Hall–Kier alpha value is -1.81. The third-order valence-corrected chi connectivity index (χ3v) is 6.85. The van der Waals surface area contributed by atoms with E-state index >= 15 is 0 Å². The number of furan rings is 1. The van der Waals surface area contributed by atoms with Gasteiger partial charge in [-0.1, -0.05) is 31.0 Å². The van der Waals surface area contributed by atoms with Crippen LogP contribution in [0.4, 0.5) is 0 Å². The summed E-state index contributed by atoms with van der Waals surface area (Å²) in [4.78, 5) is 13.7. The van der Waals surface area contributed by atoms with E-state index in [4.69, 9.17) is 10.2 Å². The molecule has 1 aliphatic carbocycles. The predicted octanol–water partition coefficient (Wildman–Crippen LogP) is 4.68. The van der Waals surface area contributed by atoms with Crippen LogP contribution in [0.5, 0.6) is 0 Å². The van der Waals surface area contributed by atoms with Crippen LogP contribution in [0.15, 0.2) is 34.9 Å². The zero-order valence-electron chi connectivity index (χ0n) is 16.2. The minimum absolute atomic E-state index is 0.133. The minimum atomic E-state index is -0.133. The first-order valence-corrected chi connectivity index (χ1v) is 10.7. The number of carbonyl (C=O) groups excluding carboxylic acids is 1. The van der Waals surface area contributed by atoms with E-state index in [0.717, 1.165) is 11.5 Å². The second-order valence-electron chi connectivity index (χ2n) is 8.65. The first-order valence-electron chi connectivity index (χ1n) is 10.7. The molecule has 0 atom stereocenters. The highest BCUT2D eigenvalue weighted by Crippen LogP contribution is 2.35. The zero-order chi connectivity index (χ0) is 18.6. The summed E-state index contributed by atoms with van der Waals surface area (Å²) in [5.41, 5.74) is 7.76. The molecule has 146 valence electrons. The van der Waals surface area contributed by atoms with Crippen molar-refractivity contribution in [2.45, 2.75) is 57.3 Å². The maximum Gasteiger partial charge on any atom is 0.217 e. The number of nitrogens with two attached hydrogens (primary N) is 1. The lowest BCUT2D eigenvalue weighted by Gasteiger charge is -2.34. The molecule has 2 N–H and O–H groups in total. The molecule has 1 aromatic carbocycles. The van der Waals surface area contributed by atoms with E-state index in [0.29, 0.717) is 18.3 Å². The van der Waals surface area contributed by atoms with E-state index in [9.17, 15) is 4.79 Å². The lowest BCUT2D eigenvalue weighted by atomic mass is 9.79. The summed E-state index contributed by atoms with van der Waals surface area (Å²) in [6.07, 6.45) is 11.3. The average Bonchev–Trinajstić information content (AvgIpc) is 3.12. The van der Waals surface area contributed by atoms with E-state index in [1.54, 1.807) is 0 Å². The van der Waals surface area contributed by atoms with Gasteiger partial charge in [0.25, 0.3) is 0 Å². The number of primary amides is 1. The Morgan fingerprint density at radius 2 is 1.74 bits per heavy atom. The van der Waals surface area contributed by atoms with E-state index in [2.05, 4.69) is 23.1 Å². The predicted molar refractivity (Wildman–Crippen MR) is 109 cm³/mol. The van der Waals surface area contributed by atoms with Gasteiger partial charge in [-0.25, -0.2) is 0 Å². The summed E-state index contributed by atoms with van der Waals surface area (Å²) in [6.45, 7) is 3.62. The van der Waals surface area contributed by atoms with Crippen molar-refractivity contribution in [1.82, 2.24) is 4.90 Å². The van der Waals surface area contributed by atoms with Crippen molar-refractivity contribution in [3.05, 3.63) is 36.1 Å². The molecule has 4 rings (SSSR count). The molecule has 1 saturated carbocycles. The van der Waals surface area contributed by atoms with E-state index in [1.165, 1.54) is 75.5 Å². The lowest BCUT2D eigenvalue weighted by Crippen LogP contribution is -2.34. The Morgan fingerprint density at radius 1 is 1.04 bits per heavy atom. The number of fused-ring (bicyclic) bond motifs is 1. The first kappa shape index (κ1) is 18.5. The molecular weight excluding hydrogens is 336 g/mol. The second-order valence-corrected chi connectivity index (χ2v) is 8.65. The molecule has 1 aromatic heterocycles. The number of rotatable bonds is 6. The van der Waals surface area contributed by atoms with Crippen LogP contribution in [-0.2, 0) is 4.79 Å². The van der Waals surface area contributed by atoms with Crippen molar-refractivity contribution >= 4 is 16.9 Å². The smallest absolute Gasteiger partial charge is 0.217 e. The summed E-state index contributed by atoms with van der Waals surface area (Å²) in [7, 11) is 0. The van der Waals surface area contributed by atoms with E-state index < -0.39 is 0 Å². The van der Waals surface area contributed by atoms with Gasteiger partial charge in [-0.3, -0.25) is 4.79 Å². The van der Waals surface area contributed by atoms with Gasteiger partial charge in [0.15, 0.2) is 0 Å². The number of nitrogens with zero attached hydrogens (tertiary/aromatic N) is 1. The van der Waals surface area contributed by atoms with Gasteiger partial charge in [-0.2, -0.15) is 0 Å². The quantitative estimate of drug-likeness (QED) is 0.805. The molecule has 1 aliphatic heterocycles. The van der Waals surface area contributed by atoms with Crippen LogP contribution in [0.3, 0.4) is 0 Å². The number of carbonyl (C=O) groups is 1. The number of hydrogen-bond donors (Lipinski definition) is 1. The topological polar surface area (TPSA) is 59.5 Å². The number of piperidine rings is 1. The lowest BCUT2D eigenvalue weighted by molar-refractivity contribution is -0.119. The first-order chi connectivity index (χ1) is 13.2. The Balaban J connectivity index is 1.21. The standard InChI is InChI=1S/C23H32N2O2/c24-23(26)15-18-7-5-17(6-8-18)9-12-25-13-10-19(11-14-25)21-16-27-22-4-2-1-3-20(21)22/h1-4,16-19H,5-15H2,(H2,24,26).